The van der Waals surface area contributed by atoms with Gasteiger partial charge in [0.2, 0.25) is 0 Å². The number of halogens is 3. The predicted octanol–water partition coefficient (Wildman–Crippen LogP) is 2.96. The Kier molecular flexibility index (Phi) is 6.03. The van der Waals surface area contributed by atoms with Crippen molar-refractivity contribution < 1.29 is 13.2 Å². The molecule has 0 saturated carbocycles. The van der Waals surface area contributed by atoms with Crippen LogP contribution in [0, 0.1) is 0 Å². The van der Waals surface area contributed by atoms with Crippen LogP contribution in [0.1, 0.15) is 13.3 Å². The summed E-state index contributed by atoms with van der Waals surface area (Å²) in [6, 6.07) is 1.67. The van der Waals surface area contributed by atoms with E-state index >= 15 is 0 Å². The minimum Gasteiger partial charge on any atom is -0.370 e. The van der Waals surface area contributed by atoms with Crippen LogP contribution < -0.4 is 10.6 Å². The Labute approximate surface area is 108 Å². The fraction of sp³-hybridized carbons (Fsp3) is 0.600. The monoisotopic (exact) mass is 280 g/mol. The second-order valence-electron chi connectivity index (χ2n) is 3.44. The first kappa shape index (κ1) is 14.9. The molecule has 0 aliphatic heterocycles. The average Bonchev–Trinajstić information content (AvgIpc) is 2.31. The van der Waals surface area contributed by atoms with Crippen LogP contribution in [0.25, 0.3) is 0 Å². The molecule has 4 nitrogen and oxygen atoms in total. The van der Waals surface area contributed by atoms with Crippen molar-refractivity contribution >= 4 is 23.4 Å². The highest BCUT2D eigenvalue weighted by Gasteiger charge is 2.27. The topological polar surface area (TPSA) is 49.8 Å². The Morgan fingerprint density at radius 2 is 1.78 bits per heavy atom. The summed E-state index contributed by atoms with van der Waals surface area (Å²) < 4.78 is 35.7. The van der Waals surface area contributed by atoms with Crippen molar-refractivity contribution in [3.8, 4) is 0 Å². The minimum atomic E-state index is -4.18. The Hall–Kier alpha value is -1.18. The number of thioether (sulfide) groups is 1. The van der Waals surface area contributed by atoms with Gasteiger partial charge in [-0.1, -0.05) is 6.92 Å². The van der Waals surface area contributed by atoms with Crippen molar-refractivity contribution in [2.24, 2.45) is 0 Å². The van der Waals surface area contributed by atoms with Crippen LogP contribution in [-0.2, 0) is 0 Å². The summed E-state index contributed by atoms with van der Waals surface area (Å²) in [6.07, 6.45) is 2.34. The summed E-state index contributed by atoms with van der Waals surface area (Å²) in [5.74, 6) is 1.13. The molecule has 102 valence electrons. The highest BCUT2D eigenvalue weighted by molar-refractivity contribution is 8.00. The average molecular weight is 280 g/mol. The van der Waals surface area contributed by atoms with E-state index in [4.69, 9.17) is 0 Å². The van der Waals surface area contributed by atoms with Crippen molar-refractivity contribution in [3.05, 3.63) is 12.4 Å². The zero-order valence-electron chi connectivity index (χ0n) is 9.92. The van der Waals surface area contributed by atoms with E-state index in [9.17, 15) is 13.2 Å². The zero-order chi connectivity index (χ0) is 13.4. The summed E-state index contributed by atoms with van der Waals surface area (Å²) in [5.41, 5.74) is -4.18. The molecule has 8 heteroatoms. The first-order chi connectivity index (χ1) is 8.51. The molecule has 0 spiro atoms. The molecular weight excluding hydrogens is 265 g/mol. The quantitative estimate of drug-likeness (QED) is 0.752. The number of aromatic nitrogens is 2. The Morgan fingerprint density at radius 1 is 1.17 bits per heavy atom. The van der Waals surface area contributed by atoms with Gasteiger partial charge < -0.3 is 10.6 Å². The highest BCUT2D eigenvalue weighted by Crippen LogP contribution is 2.29. The summed E-state index contributed by atoms with van der Waals surface area (Å²) in [7, 11) is 0. The molecule has 18 heavy (non-hydrogen) atoms. The van der Waals surface area contributed by atoms with Gasteiger partial charge in [-0.15, -0.1) is 0 Å². The number of rotatable bonds is 7. The van der Waals surface area contributed by atoms with Gasteiger partial charge in [-0.3, -0.25) is 0 Å². The number of hydrogen-bond acceptors (Lipinski definition) is 5. The molecule has 0 fully saturated rings. The third kappa shape index (κ3) is 6.53. The van der Waals surface area contributed by atoms with E-state index < -0.39 is 5.51 Å². The lowest BCUT2D eigenvalue weighted by atomic mass is 10.4. The number of nitrogens with zero attached hydrogens (tertiary/aromatic N) is 2. The van der Waals surface area contributed by atoms with Crippen molar-refractivity contribution in [1.29, 1.82) is 0 Å². The summed E-state index contributed by atoms with van der Waals surface area (Å²) in [5, 5.41) is 5.90. The largest absolute Gasteiger partial charge is 0.441 e. The third-order valence-corrected chi connectivity index (χ3v) is 2.63. The van der Waals surface area contributed by atoms with E-state index in [1.807, 2.05) is 6.92 Å². The number of alkyl halides is 3. The van der Waals surface area contributed by atoms with Crippen molar-refractivity contribution in [2.45, 2.75) is 18.9 Å². The highest BCUT2D eigenvalue weighted by atomic mass is 32.2. The summed E-state index contributed by atoms with van der Waals surface area (Å²) in [4.78, 5) is 7.93. The molecule has 0 saturated heterocycles. The van der Waals surface area contributed by atoms with Gasteiger partial charge in [0, 0.05) is 24.9 Å². The van der Waals surface area contributed by atoms with Gasteiger partial charge in [-0.2, -0.15) is 13.2 Å². The first-order valence-corrected chi connectivity index (χ1v) is 6.50. The maximum Gasteiger partial charge on any atom is 0.441 e. The third-order valence-electron chi connectivity index (χ3n) is 1.90. The number of nitrogens with one attached hydrogen (secondary N) is 2. The SMILES string of the molecule is CCCNc1cc(NCCSC(F)(F)F)ncn1. The van der Waals surface area contributed by atoms with Crippen LogP contribution in [0.15, 0.2) is 12.4 Å². The van der Waals surface area contributed by atoms with Gasteiger partial charge in [0.25, 0.3) is 0 Å². The standard InChI is InChI=1S/C10H15F3N4S/c1-2-3-14-8-6-9(17-7-16-8)15-4-5-18-10(11,12)13/h6-7H,2-5H2,1H3,(H2,14,15,16,17). The molecule has 0 aliphatic rings. The van der Waals surface area contributed by atoms with Crippen molar-refractivity contribution in [2.75, 3.05) is 29.5 Å². The van der Waals surface area contributed by atoms with Crippen LogP contribution in [0.4, 0.5) is 24.8 Å². The van der Waals surface area contributed by atoms with Gasteiger partial charge in [0.05, 0.1) is 0 Å². The molecule has 0 unspecified atom stereocenters. The smallest absolute Gasteiger partial charge is 0.370 e. The Balaban J connectivity index is 2.33. The Morgan fingerprint density at radius 3 is 2.33 bits per heavy atom. The van der Waals surface area contributed by atoms with Gasteiger partial charge in [0.1, 0.15) is 18.0 Å². The van der Waals surface area contributed by atoms with Crippen LogP contribution in [0.2, 0.25) is 0 Å². The summed E-state index contributed by atoms with van der Waals surface area (Å²) in [6.45, 7) is 3.02. The van der Waals surface area contributed by atoms with E-state index in [1.54, 1.807) is 6.07 Å². The molecule has 0 amide bonds. The molecular formula is C10H15F3N4S. The van der Waals surface area contributed by atoms with Gasteiger partial charge in [0.15, 0.2) is 0 Å². The van der Waals surface area contributed by atoms with E-state index in [1.165, 1.54) is 6.33 Å². The maximum absolute atomic E-state index is 11.9. The lowest BCUT2D eigenvalue weighted by molar-refractivity contribution is -0.0327. The molecule has 1 rings (SSSR count). The molecule has 0 atom stereocenters. The molecule has 1 aromatic rings. The van der Waals surface area contributed by atoms with E-state index in [0.29, 0.717) is 11.6 Å². The lowest BCUT2D eigenvalue weighted by Gasteiger charge is -2.08. The Bertz CT molecular complexity index is 359. The van der Waals surface area contributed by atoms with Gasteiger partial charge in [-0.05, 0) is 18.2 Å². The second-order valence-corrected chi connectivity index (χ2v) is 4.60. The molecule has 1 heterocycles. The predicted molar refractivity (Wildman–Crippen MR) is 67.8 cm³/mol. The molecule has 1 aromatic heterocycles. The van der Waals surface area contributed by atoms with Crippen molar-refractivity contribution in [1.82, 2.24) is 9.97 Å². The minimum absolute atomic E-state index is 0.0504. The van der Waals surface area contributed by atoms with Crippen molar-refractivity contribution in [3.63, 3.8) is 0 Å². The normalized spacial score (nSPS) is 11.3. The van der Waals surface area contributed by atoms with Crippen LogP contribution in [0.5, 0.6) is 0 Å². The molecule has 2 N–H and O–H groups in total. The van der Waals surface area contributed by atoms with E-state index in [2.05, 4.69) is 20.6 Å². The summed E-state index contributed by atoms with van der Waals surface area (Å²) >= 11 is -0.0506. The van der Waals surface area contributed by atoms with Crippen LogP contribution in [-0.4, -0.2) is 34.3 Å². The van der Waals surface area contributed by atoms with Crippen LogP contribution in [0.3, 0.4) is 0 Å². The number of hydrogen-bond donors (Lipinski definition) is 2. The maximum atomic E-state index is 11.9. The van der Waals surface area contributed by atoms with E-state index in [-0.39, 0.29) is 24.1 Å². The zero-order valence-corrected chi connectivity index (χ0v) is 10.7. The van der Waals surface area contributed by atoms with Gasteiger partial charge >= 0.3 is 5.51 Å². The molecule has 0 bridgehead atoms. The molecule has 0 radical (unpaired) electrons. The van der Waals surface area contributed by atoms with E-state index in [0.717, 1.165) is 13.0 Å². The first-order valence-electron chi connectivity index (χ1n) is 5.51. The lowest BCUT2D eigenvalue weighted by Crippen LogP contribution is -2.11. The fourth-order valence-corrected chi connectivity index (χ4v) is 1.59. The molecule has 0 aliphatic carbocycles. The number of anilines is 2. The molecule has 0 aromatic carbocycles. The van der Waals surface area contributed by atoms with Gasteiger partial charge in [-0.25, -0.2) is 9.97 Å². The fourth-order valence-electron chi connectivity index (χ4n) is 1.15. The second kappa shape index (κ2) is 7.30. The van der Waals surface area contributed by atoms with Crippen LogP contribution >= 0.6 is 11.8 Å².